The molecule has 0 nitrogen and oxygen atoms in total. The van der Waals surface area contributed by atoms with Crippen molar-refractivity contribution in [2.24, 2.45) is 0 Å². The molecule has 4 aromatic rings. The molecule has 0 aliphatic rings. The smallest absolute Gasteiger partial charge is 0.0413 e. The molecule has 0 aliphatic carbocycles. The molecule has 0 N–H and O–H groups in total. The molecule has 0 radical (unpaired) electrons. The van der Waals surface area contributed by atoms with E-state index in [0.717, 1.165) is 5.02 Å². The summed E-state index contributed by atoms with van der Waals surface area (Å²) in [6.07, 6.45) is 0. The molecule has 0 spiro atoms. The van der Waals surface area contributed by atoms with Crippen LogP contribution < -0.4 is 0 Å². The molecule has 0 aliphatic heterocycles. The molecule has 0 unspecified atom stereocenters. The first kappa shape index (κ1) is 15.7. The summed E-state index contributed by atoms with van der Waals surface area (Å²) >= 11 is 8.12. The van der Waals surface area contributed by atoms with Gasteiger partial charge in [-0.1, -0.05) is 68.8 Å². The van der Waals surface area contributed by atoms with E-state index in [-0.39, 0.29) is 5.41 Å². The average molecular weight is 351 g/mol. The van der Waals surface area contributed by atoms with E-state index >= 15 is 0 Å². The summed E-state index contributed by atoms with van der Waals surface area (Å²) in [6, 6.07) is 21.5. The molecule has 0 saturated carbocycles. The Morgan fingerprint density at radius 3 is 2.33 bits per heavy atom. The van der Waals surface area contributed by atoms with Gasteiger partial charge < -0.3 is 0 Å². The quantitative estimate of drug-likeness (QED) is 0.330. The predicted octanol–water partition coefficient (Wildman–Crippen LogP) is 7.67. The van der Waals surface area contributed by atoms with E-state index in [1.165, 1.54) is 36.9 Å². The summed E-state index contributed by atoms with van der Waals surface area (Å²) in [5.41, 5.74) is 4.09. The maximum atomic E-state index is 6.28. The summed E-state index contributed by atoms with van der Waals surface area (Å²) in [5, 5.41) is 3.36. The number of rotatable bonds is 1. The Morgan fingerprint density at radius 1 is 0.792 bits per heavy atom. The number of thiophene rings is 1. The van der Waals surface area contributed by atoms with Crippen molar-refractivity contribution in [3.8, 4) is 11.1 Å². The molecule has 0 amide bonds. The van der Waals surface area contributed by atoms with Crippen molar-refractivity contribution in [2.45, 2.75) is 26.2 Å². The minimum atomic E-state index is 0.0994. The van der Waals surface area contributed by atoms with E-state index in [4.69, 9.17) is 11.6 Å². The second-order valence-corrected chi connectivity index (χ2v) is 8.74. The van der Waals surface area contributed by atoms with Gasteiger partial charge in [0.2, 0.25) is 0 Å². The highest BCUT2D eigenvalue weighted by atomic mass is 35.5. The summed E-state index contributed by atoms with van der Waals surface area (Å²) in [5.74, 6) is 0. The third-order valence-electron chi connectivity index (χ3n) is 4.48. The van der Waals surface area contributed by atoms with Crippen molar-refractivity contribution in [3.63, 3.8) is 0 Å². The van der Waals surface area contributed by atoms with Crippen LogP contribution in [-0.2, 0) is 5.41 Å². The fourth-order valence-electron chi connectivity index (χ4n) is 3.40. The van der Waals surface area contributed by atoms with Crippen LogP contribution in [0.5, 0.6) is 0 Å². The van der Waals surface area contributed by atoms with Crippen LogP contribution in [0, 0.1) is 0 Å². The molecule has 3 aromatic carbocycles. The molecule has 0 saturated heterocycles. The highest BCUT2D eigenvalue weighted by molar-refractivity contribution is 7.26. The maximum Gasteiger partial charge on any atom is 0.0413 e. The highest BCUT2D eigenvalue weighted by Gasteiger charge is 2.20. The minimum Gasteiger partial charge on any atom is -0.135 e. The van der Waals surface area contributed by atoms with Crippen LogP contribution in [0.4, 0.5) is 0 Å². The Balaban J connectivity index is 2.12. The van der Waals surface area contributed by atoms with Crippen molar-refractivity contribution in [3.05, 3.63) is 71.2 Å². The van der Waals surface area contributed by atoms with Crippen LogP contribution in [0.1, 0.15) is 26.3 Å². The van der Waals surface area contributed by atoms with E-state index in [2.05, 4.69) is 75.4 Å². The lowest BCUT2D eigenvalue weighted by molar-refractivity contribution is 0.592. The summed E-state index contributed by atoms with van der Waals surface area (Å²) < 4.78 is 2.60. The van der Waals surface area contributed by atoms with Gasteiger partial charge in [0.25, 0.3) is 0 Å². The van der Waals surface area contributed by atoms with Crippen molar-refractivity contribution < 1.29 is 0 Å². The Labute approximate surface area is 151 Å². The molecule has 24 heavy (non-hydrogen) atoms. The summed E-state index contributed by atoms with van der Waals surface area (Å²) in [6.45, 7) is 6.82. The Bertz CT molecular complexity index is 1050. The average Bonchev–Trinajstić information content (AvgIpc) is 2.92. The van der Waals surface area contributed by atoms with E-state index in [1.807, 2.05) is 17.4 Å². The Hall–Kier alpha value is -1.83. The minimum absolute atomic E-state index is 0.0994. The van der Waals surface area contributed by atoms with Crippen LogP contribution in [-0.4, -0.2) is 0 Å². The zero-order chi connectivity index (χ0) is 16.9. The van der Waals surface area contributed by atoms with Crippen molar-refractivity contribution in [2.75, 3.05) is 0 Å². The van der Waals surface area contributed by atoms with E-state index in [9.17, 15) is 0 Å². The van der Waals surface area contributed by atoms with Gasteiger partial charge in [0, 0.05) is 25.2 Å². The van der Waals surface area contributed by atoms with Gasteiger partial charge in [-0.05, 0) is 46.4 Å². The van der Waals surface area contributed by atoms with Gasteiger partial charge in [-0.25, -0.2) is 0 Å². The van der Waals surface area contributed by atoms with Gasteiger partial charge in [-0.15, -0.1) is 11.3 Å². The van der Waals surface area contributed by atoms with E-state index < -0.39 is 0 Å². The fraction of sp³-hybridized carbons (Fsp3) is 0.182. The number of fused-ring (bicyclic) bond motifs is 3. The maximum absolute atomic E-state index is 6.28. The largest absolute Gasteiger partial charge is 0.135 e. The van der Waals surface area contributed by atoms with Crippen molar-refractivity contribution >= 4 is 43.1 Å². The van der Waals surface area contributed by atoms with Crippen LogP contribution in [0.2, 0.25) is 5.02 Å². The molecular formula is C22H19ClS. The van der Waals surface area contributed by atoms with E-state index in [0.29, 0.717) is 0 Å². The number of hydrogen-bond donors (Lipinski definition) is 0. The molecule has 2 heteroatoms. The van der Waals surface area contributed by atoms with Crippen LogP contribution in [0.25, 0.3) is 31.3 Å². The van der Waals surface area contributed by atoms with Crippen molar-refractivity contribution in [1.29, 1.82) is 0 Å². The lowest BCUT2D eigenvalue weighted by Crippen LogP contribution is -2.12. The molecule has 0 bridgehead atoms. The fourth-order valence-corrected chi connectivity index (χ4v) is 4.68. The summed E-state index contributed by atoms with van der Waals surface area (Å²) in [7, 11) is 0. The van der Waals surface area contributed by atoms with Gasteiger partial charge in [-0.2, -0.15) is 0 Å². The lowest BCUT2D eigenvalue weighted by Gasteiger charge is -2.23. The predicted molar refractivity (Wildman–Crippen MR) is 108 cm³/mol. The molecule has 120 valence electrons. The summed E-state index contributed by atoms with van der Waals surface area (Å²) in [4.78, 5) is 0. The highest BCUT2D eigenvalue weighted by Crippen LogP contribution is 2.43. The number of halogens is 1. The SMILES string of the molecule is CC(C)(C)c1ccccc1-c1cccc2sc3ccc(Cl)cc3c12. The third-order valence-corrected chi connectivity index (χ3v) is 5.85. The van der Waals surface area contributed by atoms with Gasteiger partial charge in [0.05, 0.1) is 0 Å². The molecule has 1 heterocycles. The molecule has 0 fully saturated rings. The normalized spacial score (nSPS) is 12.2. The zero-order valence-corrected chi connectivity index (χ0v) is 15.6. The first-order valence-corrected chi connectivity index (χ1v) is 9.35. The van der Waals surface area contributed by atoms with Gasteiger partial charge in [0.1, 0.15) is 0 Å². The van der Waals surface area contributed by atoms with Crippen LogP contribution in [0.3, 0.4) is 0 Å². The van der Waals surface area contributed by atoms with E-state index in [1.54, 1.807) is 0 Å². The second-order valence-electron chi connectivity index (χ2n) is 7.22. The molecule has 0 atom stereocenters. The van der Waals surface area contributed by atoms with Crippen LogP contribution in [0.15, 0.2) is 60.7 Å². The Morgan fingerprint density at radius 2 is 1.54 bits per heavy atom. The van der Waals surface area contributed by atoms with Gasteiger partial charge in [0.15, 0.2) is 0 Å². The Kier molecular flexibility index (Phi) is 3.67. The lowest BCUT2D eigenvalue weighted by atomic mass is 9.81. The molecule has 4 rings (SSSR count). The second kappa shape index (κ2) is 5.61. The first-order valence-electron chi connectivity index (χ1n) is 8.16. The number of benzene rings is 3. The number of hydrogen-bond acceptors (Lipinski definition) is 1. The van der Waals surface area contributed by atoms with Crippen LogP contribution >= 0.6 is 22.9 Å². The van der Waals surface area contributed by atoms with Gasteiger partial charge >= 0.3 is 0 Å². The topological polar surface area (TPSA) is 0 Å². The zero-order valence-electron chi connectivity index (χ0n) is 14.1. The monoisotopic (exact) mass is 350 g/mol. The molecule has 1 aromatic heterocycles. The van der Waals surface area contributed by atoms with Crippen molar-refractivity contribution in [1.82, 2.24) is 0 Å². The first-order chi connectivity index (χ1) is 11.4. The molecular weight excluding hydrogens is 332 g/mol. The standard InChI is InChI=1S/C22H19ClS/c1-22(2,3)18-9-5-4-7-15(18)16-8-6-10-20-21(16)17-13-14(23)11-12-19(17)24-20/h4-13H,1-3H3. The van der Waals surface area contributed by atoms with Gasteiger partial charge in [-0.3, -0.25) is 0 Å². The third kappa shape index (κ3) is 2.53.